The Bertz CT molecular complexity index is 469. The van der Waals surface area contributed by atoms with Crippen LogP contribution >= 0.6 is 11.8 Å². The van der Waals surface area contributed by atoms with Gasteiger partial charge in [-0.3, -0.25) is 9.59 Å². The number of nitrogens with one attached hydrogen (secondary N) is 1. The Morgan fingerprint density at radius 1 is 1.45 bits per heavy atom. The minimum atomic E-state index is -0.891. The lowest BCUT2D eigenvalue weighted by atomic mass is 10.3. The molecule has 1 aromatic rings. The summed E-state index contributed by atoms with van der Waals surface area (Å²) in [4.78, 5) is 21.9. The fourth-order valence-corrected chi connectivity index (χ4v) is 1.90. The number of carbonyl (C=O) groups is 2. The van der Waals surface area contributed by atoms with Crippen molar-refractivity contribution >= 4 is 23.6 Å². The van der Waals surface area contributed by atoms with Crippen LogP contribution in [0.1, 0.15) is 6.92 Å². The number of carbonyl (C=O) groups excluding carboxylic acids is 1. The van der Waals surface area contributed by atoms with Gasteiger partial charge in [0.2, 0.25) is 0 Å². The van der Waals surface area contributed by atoms with E-state index in [2.05, 4.69) is 5.32 Å². The first-order valence-corrected chi connectivity index (χ1v) is 7.14. The molecule has 0 fully saturated rings. The minimum Gasteiger partial charge on any atom is -0.481 e. The third-order valence-electron chi connectivity index (χ3n) is 2.28. The van der Waals surface area contributed by atoms with Crippen molar-refractivity contribution in [2.75, 3.05) is 18.1 Å². The number of hydrogen-bond acceptors (Lipinski definition) is 4. The Morgan fingerprint density at radius 2 is 2.15 bits per heavy atom. The number of amides is 1. The van der Waals surface area contributed by atoms with Gasteiger partial charge in [-0.2, -0.15) is 0 Å². The van der Waals surface area contributed by atoms with Crippen LogP contribution in [-0.4, -0.2) is 41.1 Å². The first-order chi connectivity index (χ1) is 9.50. The monoisotopic (exact) mass is 301 g/mol. The smallest absolute Gasteiger partial charge is 0.313 e. The second-order valence-electron chi connectivity index (χ2n) is 3.93. The molecule has 0 aliphatic rings. The summed E-state index contributed by atoms with van der Waals surface area (Å²) in [6.07, 6.45) is -0.823. The van der Waals surface area contributed by atoms with E-state index in [1.165, 1.54) is 36.9 Å². The summed E-state index contributed by atoms with van der Waals surface area (Å²) in [5.41, 5.74) is 0. The molecule has 0 saturated carbocycles. The molecule has 110 valence electrons. The summed E-state index contributed by atoms with van der Waals surface area (Å²) in [7, 11) is 0. The van der Waals surface area contributed by atoms with E-state index >= 15 is 0 Å². The van der Waals surface area contributed by atoms with Crippen LogP contribution in [-0.2, 0) is 9.59 Å². The Balaban J connectivity index is 2.29. The zero-order valence-electron chi connectivity index (χ0n) is 11.0. The van der Waals surface area contributed by atoms with Crippen LogP contribution in [0.15, 0.2) is 24.3 Å². The number of para-hydroxylation sites is 1. The highest BCUT2D eigenvalue weighted by atomic mass is 32.2. The van der Waals surface area contributed by atoms with Crippen LogP contribution in [0.2, 0.25) is 0 Å². The second kappa shape index (κ2) is 8.42. The number of carboxylic acid groups (broad SMARTS) is 1. The summed E-state index contributed by atoms with van der Waals surface area (Å²) < 4.78 is 18.5. The second-order valence-corrected chi connectivity index (χ2v) is 5.03. The number of thioether (sulfide) groups is 1. The molecule has 5 nitrogen and oxygen atoms in total. The van der Waals surface area contributed by atoms with Gasteiger partial charge in [0.05, 0.1) is 5.75 Å². The number of rotatable bonds is 8. The standard InChI is InChI=1S/C13H16FNO4S/c1-9(19-11-5-3-2-4-10(11)14)13(18)15-6-7-20-8-12(16)17/h2-5,9H,6-8H2,1H3,(H,15,18)(H,16,17). The van der Waals surface area contributed by atoms with Crippen LogP contribution in [0.5, 0.6) is 5.75 Å². The molecule has 0 saturated heterocycles. The van der Waals surface area contributed by atoms with Crippen LogP contribution in [0, 0.1) is 5.82 Å². The van der Waals surface area contributed by atoms with E-state index in [0.717, 1.165) is 0 Å². The first-order valence-electron chi connectivity index (χ1n) is 5.99. The molecule has 1 aromatic carbocycles. The van der Waals surface area contributed by atoms with Crippen molar-refractivity contribution in [3.05, 3.63) is 30.1 Å². The number of carboxylic acids is 1. The lowest BCUT2D eigenvalue weighted by molar-refractivity contribution is -0.134. The van der Waals surface area contributed by atoms with Crippen molar-refractivity contribution in [3.8, 4) is 5.75 Å². The fourth-order valence-electron chi connectivity index (χ4n) is 1.33. The van der Waals surface area contributed by atoms with E-state index in [-0.39, 0.29) is 17.4 Å². The molecule has 7 heteroatoms. The summed E-state index contributed by atoms with van der Waals surface area (Å²) in [5, 5.41) is 11.0. The molecular weight excluding hydrogens is 285 g/mol. The van der Waals surface area contributed by atoms with E-state index in [9.17, 15) is 14.0 Å². The van der Waals surface area contributed by atoms with Crippen LogP contribution in [0.3, 0.4) is 0 Å². The zero-order chi connectivity index (χ0) is 15.0. The summed E-state index contributed by atoms with van der Waals surface area (Å²) in [6.45, 7) is 1.86. The molecular formula is C13H16FNO4S. The molecule has 0 aliphatic carbocycles. The van der Waals surface area contributed by atoms with Gasteiger partial charge in [0, 0.05) is 12.3 Å². The lowest BCUT2D eigenvalue weighted by Gasteiger charge is -2.14. The largest absolute Gasteiger partial charge is 0.481 e. The molecule has 0 bridgehead atoms. The van der Waals surface area contributed by atoms with Crippen molar-refractivity contribution in [1.29, 1.82) is 0 Å². The molecule has 0 aliphatic heterocycles. The third kappa shape index (κ3) is 5.92. The number of benzene rings is 1. The van der Waals surface area contributed by atoms with E-state index in [1.54, 1.807) is 6.07 Å². The van der Waals surface area contributed by atoms with E-state index in [4.69, 9.17) is 9.84 Å². The molecule has 1 atom stereocenters. The topological polar surface area (TPSA) is 75.6 Å². The molecule has 0 spiro atoms. The number of aliphatic carboxylic acids is 1. The van der Waals surface area contributed by atoms with Gasteiger partial charge in [0.1, 0.15) is 0 Å². The van der Waals surface area contributed by atoms with Crippen LogP contribution in [0.25, 0.3) is 0 Å². The minimum absolute atomic E-state index is 0.00283. The molecule has 0 heterocycles. The average Bonchev–Trinajstić information content (AvgIpc) is 2.40. The van der Waals surface area contributed by atoms with Gasteiger partial charge in [0.25, 0.3) is 5.91 Å². The van der Waals surface area contributed by atoms with Gasteiger partial charge in [0.15, 0.2) is 17.7 Å². The van der Waals surface area contributed by atoms with E-state index in [1.807, 2.05) is 0 Å². The third-order valence-corrected chi connectivity index (χ3v) is 3.22. The highest BCUT2D eigenvalue weighted by Gasteiger charge is 2.15. The molecule has 0 aromatic heterocycles. The maximum Gasteiger partial charge on any atom is 0.313 e. The predicted octanol–water partition coefficient (Wildman–Crippen LogP) is 1.53. The average molecular weight is 301 g/mol. The van der Waals surface area contributed by atoms with Gasteiger partial charge in [-0.1, -0.05) is 12.1 Å². The van der Waals surface area contributed by atoms with E-state index in [0.29, 0.717) is 12.3 Å². The first kappa shape index (κ1) is 16.3. The number of halogens is 1. The Hall–Kier alpha value is -1.76. The van der Waals surface area contributed by atoms with Gasteiger partial charge < -0.3 is 15.2 Å². The molecule has 2 N–H and O–H groups in total. The van der Waals surface area contributed by atoms with Gasteiger partial charge >= 0.3 is 5.97 Å². The van der Waals surface area contributed by atoms with Crippen molar-refractivity contribution in [3.63, 3.8) is 0 Å². The van der Waals surface area contributed by atoms with Gasteiger partial charge in [-0.15, -0.1) is 11.8 Å². The summed E-state index contributed by atoms with van der Waals surface area (Å²) in [6, 6.07) is 5.85. The molecule has 1 amide bonds. The highest BCUT2D eigenvalue weighted by molar-refractivity contribution is 7.99. The van der Waals surface area contributed by atoms with Gasteiger partial charge in [-0.25, -0.2) is 4.39 Å². The van der Waals surface area contributed by atoms with Crippen molar-refractivity contribution < 1.29 is 23.8 Å². The molecule has 20 heavy (non-hydrogen) atoms. The Labute approximate surface area is 120 Å². The summed E-state index contributed by atoms with van der Waals surface area (Å²) >= 11 is 1.21. The SMILES string of the molecule is CC(Oc1ccccc1F)C(=O)NCCSCC(=O)O. The number of hydrogen-bond donors (Lipinski definition) is 2. The number of ether oxygens (including phenoxy) is 1. The van der Waals surface area contributed by atoms with Crippen LogP contribution in [0.4, 0.5) is 4.39 Å². The maximum absolute atomic E-state index is 13.3. The lowest BCUT2D eigenvalue weighted by Crippen LogP contribution is -2.37. The Kier molecular flexibility index (Phi) is 6.86. The predicted molar refractivity (Wildman–Crippen MR) is 74.5 cm³/mol. The van der Waals surface area contributed by atoms with Crippen molar-refractivity contribution in [1.82, 2.24) is 5.32 Å². The Morgan fingerprint density at radius 3 is 2.80 bits per heavy atom. The molecule has 0 radical (unpaired) electrons. The van der Waals surface area contributed by atoms with Crippen LogP contribution < -0.4 is 10.1 Å². The van der Waals surface area contributed by atoms with Gasteiger partial charge in [-0.05, 0) is 19.1 Å². The quantitative estimate of drug-likeness (QED) is 0.712. The van der Waals surface area contributed by atoms with Crippen molar-refractivity contribution in [2.45, 2.75) is 13.0 Å². The zero-order valence-corrected chi connectivity index (χ0v) is 11.8. The van der Waals surface area contributed by atoms with Crippen molar-refractivity contribution in [2.24, 2.45) is 0 Å². The summed E-state index contributed by atoms with van der Waals surface area (Å²) in [5.74, 6) is -1.27. The molecule has 1 rings (SSSR count). The highest BCUT2D eigenvalue weighted by Crippen LogP contribution is 2.16. The maximum atomic E-state index is 13.3. The molecule has 1 unspecified atom stereocenters. The normalized spacial score (nSPS) is 11.7. The fraction of sp³-hybridized carbons (Fsp3) is 0.385. The van der Waals surface area contributed by atoms with E-state index < -0.39 is 17.9 Å².